The summed E-state index contributed by atoms with van der Waals surface area (Å²) in [4.78, 5) is 6.21. The van der Waals surface area contributed by atoms with Gasteiger partial charge in [0.15, 0.2) is 0 Å². The second-order valence-corrected chi connectivity index (χ2v) is 8.09. The summed E-state index contributed by atoms with van der Waals surface area (Å²) in [5, 5.41) is 9.93. The highest BCUT2D eigenvalue weighted by atomic mass is 32.2. The maximum atomic E-state index is 14.2. The van der Waals surface area contributed by atoms with Gasteiger partial charge in [-0.05, 0) is 55.8 Å². The molecule has 142 valence electrons. The number of thioether (sulfide) groups is 1. The van der Waals surface area contributed by atoms with Gasteiger partial charge >= 0.3 is 6.18 Å². The van der Waals surface area contributed by atoms with Crippen molar-refractivity contribution in [3.63, 3.8) is 0 Å². The number of rotatable bonds is 4. The van der Waals surface area contributed by atoms with Crippen molar-refractivity contribution in [2.75, 3.05) is 0 Å². The van der Waals surface area contributed by atoms with Crippen LogP contribution in [-0.2, 0) is 11.9 Å². The van der Waals surface area contributed by atoms with Gasteiger partial charge in [-0.3, -0.25) is 0 Å². The van der Waals surface area contributed by atoms with Crippen LogP contribution >= 0.6 is 23.1 Å². The number of aromatic nitrogens is 1. The number of benzene rings is 2. The van der Waals surface area contributed by atoms with Crippen LogP contribution in [0.4, 0.5) is 17.6 Å². The number of aromatic hydroxyl groups is 1. The summed E-state index contributed by atoms with van der Waals surface area (Å²) < 4.78 is 52.2. The molecule has 3 aromatic rings. The second kappa shape index (κ2) is 7.52. The van der Waals surface area contributed by atoms with Crippen molar-refractivity contribution in [2.45, 2.75) is 30.7 Å². The lowest BCUT2D eigenvalue weighted by atomic mass is 10.1. The van der Waals surface area contributed by atoms with Crippen molar-refractivity contribution in [1.82, 2.24) is 4.98 Å². The van der Waals surface area contributed by atoms with Gasteiger partial charge in [-0.15, -0.1) is 23.1 Å². The maximum Gasteiger partial charge on any atom is 0.416 e. The number of aryl methyl sites for hydroxylation is 2. The van der Waals surface area contributed by atoms with E-state index in [1.54, 1.807) is 30.8 Å². The van der Waals surface area contributed by atoms with Crippen molar-refractivity contribution in [2.24, 2.45) is 0 Å². The molecule has 0 fully saturated rings. The molecule has 8 heteroatoms. The van der Waals surface area contributed by atoms with Crippen molar-refractivity contribution in [3.8, 4) is 16.3 Å². The van der Waals surface area contributed by atoms with E-state index >= 15 is 0 Å². The molecule has 0 saturated carbocycles. The Morgan fingerprint density at radius 3 is 2.48 bits per heavy atom. The van der Waals surface area contributed by atoms with Crippen molar-refractivity contribution in [1.29, 1.82) is 0 Å². The average Bonchev–Trinajstić information content (AvgIpc) is 2.95. The van der Waals surface area contributed by atoms with E-state index in [-0.39, 0.29) is 11.3 Å². The molecule has 0 aliphatic rings. The van der Waals surface area contributed by atoms with Crippen LogP contribution in [0.25, 0.3) is 10.6 Å². The third-order valence-corrected chi connectivity index (χ3v) is 6.35. The molecule has 2 aromatic carbocycles. The molecule has 0 radical (unpaired) electrons. The van der Waals surface area contributed by atoms with Gasteiger partial charge in [0, 0.05) is 21.1 Å². The molecule has 0 saturated heterocycles. The molecule has 27 heavy (non-hydrogen) atoms. The van der Waals surface area contributed by atoms with E-state index in [2.05, 4.69) is 4.98 Å². The molecule has 0 unspecified atom stereocenters. The Balaban J connectivity index is 1.81. The van der Waals surface area contributed by atoms with Crippen LogP contribution < -0.4 is 0 Å². The molecule has 2 nitrogen and oxygen atoms in total. The zero-order valence-electron chi connectivity index (χ0n) is 14.4. The normalized spacial score (nSPS) is 11.8. The van der Waals surface area contributed by atoms with Gasteiger partial charge in [0.2, 0.25) is 0 Å². The number of thiazole rings is 1. The monoisotopic (exact) mass is 413 g/mol. The number of hydrogen-bond acceptors (Lipinski definition) is 4. The number of alkyl halides is 3. The molecular weight excluding hydrogens is 398 g/mol. The number of phenols is 1. The van der Waals surface area contributed by atoms with Crippen molar-refractivity contribution in [3.05, 3.63) is 63.9 Å². The summed E-state index contributed by atoms with van der Waals surface area (Å²) in [6, 6.07) is 7.78. The van der Waals surface area contributed by atoms with Gasteiger partial charge in [-0.2, -0.15) is 13.2 Å². The zero-order chi connectivity index (χ0) is 19.8. The Hall–Kier alpha value is -2.06. The summed E-state index contributed by atoms with van der Waals surface area (Å²) in [5.41, 5.74) is 0.536. The summed E-state index contributed by atoms with van der Waals surface area (Å²) in [5.74, 6) is -0.115. The van der Waals surface area contributed by atoms with Crippen LogP contribution in [-0.4, -0.2) is 10.1 Å². The lowest BCUT2D eigenvalue weighted by molar-refractivity contribution is -0.137. The van der Waals surface area contributed by atoms with Gasteiger partial charge in [-0.25, -0.2) is 9.37 Å². The smallest absolute Gasteiger partial charge is 0.416 e. The third-order valence-electron chi connectivity index (χ3n) is 3.96. The molecule has 0 aliphatic heterocycles. The molecule has 1 N–H and O–H groups in total. The number of halogens is 4. The highest BCUT2D eigenvalue weighted by Gasteiger charge is 2.31. The first kappa shape index (κ1) is 19.7. The molecule has 1 aromatic heterocycles. The highest BCUT2D eigenvalue weighted by molar-refractivity contribution is 7.98. The van der Waals surface area contributed by atoms with Gasteiger partial charge < -0.3 is 5.11 Å². The Kier molecular flexibility index (Phi) is 5.48. The van der Waals surface area contributed by atoms with E-state index in [0.717, 1.165) is 33.2 Å². The molecule has 1 heterocycles. The first-order chi connectivity index (χ1) is 12.6. The molecule has 0 bridgehead atoms. The maximum absolute atomic E-state index is 14.2. The van der Waals surface area contributed by atoms with E-state index in [4.69, 9.17) is 0 Å². The SMILES string of the molecule is Cc1cc(SCc2sc(-c3ccc(C(F)(F)F)cc3F)nc2C)ccc1O. The Morgan fingerprint density at radius 2 is 1.85 bits per heavy atom. The van der Waals surface area contributed by atoms with Crippen molar-refractivity contribution >= 4 is 23.1 Å². The van der Waals surface area contributed by atoms with Gasteiger partial charge in [-0.1, -0.05) is 0 Å². The van der Waals surface area contributed by atoms with E-state index in [1.165, 1.54) is 11.3 Å². The van der Waals surface area contributed by atoms with Gasteiger partial charge in [0.25, 0.3) is 0 Å². The van der Waals surface area contributed by atoms with Crippen molar-refractivity contribution < 1.29 is 22.7 Å². The van der Waals surface area contributed by atoms with E-state index in [0.29, 0.717) is 16.8 Å². The predicted molar refractivity (Wildman–Crippen MR) is 99.7 cm³/mol. The molecule has 0 atom stereocenters. The molecule has 0 aliphatic carbocycles. The lowest BCUT2D eigenvalue weighted by Crippen LogP contribution is -2.05. The molecule has 0 spiro atoms. The van der Waals surface area contributed by atoms with Crippen LogP contribution in [0, 0.1) is 19.7 Å². The van der Waals surface area contributed by atoms with E-state index in [1.807, 2.05) is 13.0 Å². The summed E-state index contributed by atoms with van der Waals surface area (Å²) in [6.45, 7) is 3.60. The van der Waals surface area contributed by atoms with Crippen LogP contribution in [0.3, 0.4) is 0 Å². The van der Waals surface area contributed by atoms with Gasteiger partial charge in [0.1, 0.15) is 16.6 Å². The van der Waals surface area contributed by atoms with Gasteiger partial charge in [0.05, 0.1) is 11.3 Å². The molecule has 3 rings (SSSR count). The Labute approximate surface area is 161 Å². The molecule has 0 amide bonds. The largest absolute Gasteiger partial charge is 0.508 e. The molecular formula is C19H15F4NOS2. The number of phenolic OH excluding ortho intramolecular Hbond substituents is 1. The third kappa shape index (κ3) is 4.44. The zero-order valence-corrected chi connectivity index (χ0v) is 16.0. The first-order valence-electron chi connectivity index (χ1n) is 7.91. The number of hydrogen-bond donors (Lipinski definition) is 1. The minimum absolute atomic E-state index is 0.0628. The van der Waals surface area contributed by atoms with Crippen LogP contribution in [0.5, 0.6) is 5.75 Å². The summed E-state index contributed by atoms with van der Waals surface area (Å²) >= 11 is 2.81. The van der Waals surface area contributed by atoms with E-state index < -0.39 is 17.6 Å². The highest BCUT2D eigenvalue weighted by Crippen LogP contribution is 2.37. The fraction of sp³-hybridized carbons (Fsp3) is 0.211. The summed E-state index contributed by atoms with van der Waals surface area (Å²) in [7, 11) is 0. The van der Waals surface area contributed by atoms with E-state index in [9.17, 15) is 22.7 Å². The predicted octanol–water partition coefficient (Wildman–Crippen LogP) is 6.58. The van der Waals surface area contributed by atoms with Crippen LogP contribution in [0.2, 0.25) is 0 Å². The minimum atomic E-state index is -4.58. The fourth-order valence-corrected chi connectivity index (χ4v) is 4.64. The fourth-order valence-electron chi connectivity index (χ4n) is 2.41. The Bertz CT molecular complexity index is 982. The minimum Gasteiger partial charge on any atom is -0.508 e. The van der Waals surface area contributed by atoms with Crippen LogP contribution in [0.15, 0.2) is 41.3 Å². The second-order valence-electron chi connectivity index (χ2n) is 5.96. The number of nitrogens with zero attached hydrogens (tertiary/aromatic N) is 1. The first-order valence-corrected chi connectivity index (χ1v) is 9.71. The quantitative estimate of drug-likeness (QED) is 0.387. The average molecular weight is 413 g/mol. The van der Waals surface area contributed by atoms with Crippen LogP contribution in [0.1, 0.15) is 21.7 Å². The standard InChI is InChI=1S/C19H15F4NOS2/c1-10-7-13(4-6-16(10)25)26-9-17-11(2)24-18(27-17)14-5-3-12(8-15(14)20)19(21,22)23/h3-8,25H,9H2,1-2H3. The Morgan fingerprint density at radius 1 is 1.11 bits per heavy atom. The topological polar surface area (TPSA) is 33.1 Å². The lowest BCUT2D eigenvalue weighted by Gasteiger charge is -2.07. The summed E-state index contributed by atoms with van der Waals surface area (Å²) in [6.07, 6.45) is -4.58.